The molecule has 0 saturated heterocycles. The van der Waals surface area contributed by atoms with E-state index < -0.39 is 4.83 Å². The number of rotatable bonds is 4. The third-order valence-corrected chi connectivity index (χ3v) is 3.95. The normalized spacial score (nSPS) is 11.9. The van der Waals surface area contributed by atoms with Crippen LogP contribution < -0.4 is 4.90 Å². The van der Waals surface area contributed by atoms with E-state index >= 15 is 0 Å². The lowest BCUT2D eigenvalue weighted by Crippen LogP contribution is -2.33. The van der Waals surface area contributed by atoms with E-state index in [4.69, 9.17) is 0 Å². The first kappa shape index (κ1) is 14.7. The van der Waals surface area contributed by atoms with Crippen molar-refractivity contribution in [1.82, 2.24) is 0 Å². The number of hydrogen-bond acceptors (Lipinski definition) is 1. The Morgan fingerprint density at radius 1 is 1.15 bits per heavy atom. The zero-order valence-electron chi connectivity index (χ0n) is 11.1. The molecule has 0 saturated carbocycles. The first-order valence-electron chi connectivity index (χ1n) is 6.39. The smallest absolute Gasteiger partial charge is 0.245 e. The fourth-order valence-corrected chi connectivity index (χ4v) is 2.54. The van der Waals surface area contributed by atoms with Crippen LogP contribution in [0.3, 0.4) is 0 Å². The molecule has 0 bridgehead atoms. The van der Waals surface area contributed by atoms with Crippen LogP contribution in [-0.2, 0) is 4.79 Å². The number of hydrogen-bond donors (Lipinski definition) is 0. The van der Waals surface area contributed by atoms with Gasteiger partial charge >= 0.3 is 0 Å². The van der Waals surface area contributed by atoms with Crippen molar-refractivity contribution in [3.63, 3.8) is 0 Å². The number of carbonyl (C=O) groups is 1. The summed E-state index contributed by atoms with van der Waals surface area (Å²) in [5.41, 5.74) is 1.59. The summed E-state index contributed by atoms with van der Waals surface area (Å²) in [5.74, 6) is -0.374. The summed E-state index contributed by atoms with van der Waals surface area (Å²) in [6.45, 7) is 2.42. The average molecular weight is 336 g/mol. The maximum Gasteiger partial charge on any atom is 0.245 e. The maximum absolute atomic E-state index is 13.0. The highest BCUT2D eigenvalue weighted by atomic mass is 79.9. The van der Waals surface area contributed by atoms with Crippen LogP contribution in [0.5, 0.6) is 0 Å². The molecule has 0 N–H and O–H groups in total. The van der Waals surface area contributed by atoms with Crippen LogP contribution in [0.1, 0.15) is 17.3 Å². The van der Waals surface area contributed by atoms with Gasteiger partial charge in [0.05, 0.1) is 0 Å². The van der Waals surface area contributed by atoms with E-state index in [1.54, 1.807) is 17.0 Å². The lowest BCUT2D eigenvalue weighted by molar-refractivity contribution is -0.118. The van der Waals surface area contributed by atoms with Gasteiger partial charge in [0.2, 0.25) is 5.91 Å². The number of amides is 1. The molecule has 2 aromatic rings. The van der Waals surface area contributed by atoms with Crippen molar-refractivity contribution in [2.24, 2.45) is 0 Å². The number of halogens is 2. The molecule has 1 atom stereocenters. The van der Waals surface area contributed by atoms with Crippen molar-refractivity contribution in [3.05, 3.63) is 66.0 Å². The molecule has 4 heteroatoms. The van der Waals surface area contributed by atoms with Crippen molar-refractivity contribution in [2.75, 3.05) is 11.4 Å². The zero-order valence-corrected chi connectivity index (χ0v) is 12.7. The Labute approximate surface area is 126 Å². The van der Waals surface area contributed by atoms with E-state index in [2.05, 4.69) is 15.9 Å². The lowest BCUT2D eigenvalue weighted by Gasteiger charge is -2.24. The number of alkyl halides is 1. The topological polar surface area (TPSA) is 20.3 Å². The van der Waals surface area contributed by atoms with Gasteiger partial charge in [-0.3, -0.25) is 4.79 Å². The van der Waals surface area contributed by atoms with E-state index in [1.165, 1.54) is 12.1 Å². The van der Waals surface area contributed by atoms with E-state index in [-0.39, 0.29) is 11.7 Å². The SMILES string of the molecule is CCN(C(=O)C(Br)c1ccccc1)c1ccc(F)cc1. The van der Waals surface area contributed by atoms with Crippen LogP contribution in [0.25, 0.3) is 0 Å². The molecule has 2 rings (SSSR count). The third-order valence-electron chi connectivity index (χ3n) is 3.03. The molecule has 104 valence electrons. The van der Waals surface area contributed by atoms with Gasteiger partial charge in [-0.15, -0.1) is 0 Å². The van der Waals surface area contributed by atoms with Crippen molar-refractivity contribution < 1.29 is 9.18 Å². The Morgan fingerprint density at radius 3 is 2.30 bits per heavy atom. The largest absolute Gasteiger partial charge is 0.311 e. The van der Waals surface area contributed by atoms with Crippen LogP contribution in [0.4, 0.5) is 10.1 Å². The maximum atomic E-state index is 13.0. The number of likely N-dealkylation sites (N-methyl/N-ethyl adjacent to an activating group) is 1. The second kappa shape index (κ2) is 6.66. The molecule has 0 radical (unpaired) electrons. The number of benzene rings is 2. The van der Waals surface area contributed by atoms with E-state index in [0.29, 0.717) is 12.2 Å². The summed E-state index contributed by atoms with van der Waals surface area (Å²) in [7, 11) is 0. The quantitative estimate of drug-likeness (QED) is 0.762. The summed E-state index contributed by atoms with van der Waals surface area (Å²) in [4.78, 5) is 13.8. The van der Waals surface area contributed by atoms with Crippen LogP contribution >= 0.6 is 15.9 Å². The van der Waals surface area contributed by atoms with Crippen LogP contribution in [-0.4, -0.2) is 12.5 Å². The predicted molar refractivity (Wildman–Crippen MR) is 82.5 cm³/mol. The second-order valence-corrected chi connectivity index (χ2v) is 5.25. The summed E-state index contributed by atoms with van der Waals surface area (Å²) in [6.07, 6.45) is 0. The first-order chi connectivity index (χ1) is 9.63. The molecule has 0 heterocycles. The second-order valence-electron chi connectivity index (χ2n) is 4.33. The van der Waals surface area contributed by atoms with Gasteiger partial charge in [0, 0.05) is 12.2 Å². The number of nitrogens with zero attached hydrogens (tertiary/aromatic N) is 1. The Morgan fingerprint density at radius 2 is 1.75 bits per heavy atom. The van der Waals surface area contributed by atoms with Crippen LogP contribution in [0.15, 0.2) is 54.6 Å². The molecule has 0 aromatic heterocycles. The summed E-state index contributed by atoms with van der Waals surface area (Å²) in [5, 5.41) is 0. The van der Waals surface area contributed by atoms with Gasteiger partial charge in [0.25, 0.3) is 0 Å². The zero-order chi connectivity index (χ0) is 14.5. The summed E-state index contributed by atoms with van der Waals surface area (Å²) in [6, 6.07) is 15.4. The van der Waals surface area contributed by atoms with Crippen LogP contribution in [0, 0.1) is 5.82 Å². The number of anilines is 1. The predicted octanol–water partition coefficient (Wildman–Crippen LogP) is 4.31. The van der Waals surface area contributed by atoms with Gasteiger partial charge in [-0.1, -0.05) is 46.3 Å². The Hall–Kier alpha value is -1.68. The van der Waals surface area contributed by atoms with Crippen molar-refractivity contribution in [1.29, 1.82) is 0 Å². The highest BCUT2D eigenvalue weighted by Gasteiger charge is 2.23. The van der Waals surface area contributed by atoms with Gasteiger partial charge in [-0.05, 0) is 36.8 Å². The van der Waals surface area contributed by atoms with Crippen molar-refractivity contribution in [3.8, 4) is 0 Å². The minimum absolute atomic E-state index is 0.0645. The molecule has 20 heavy (non-hydrogen) atoms. The van der Waals surface area contributed by atoms with Gasteiger partial charge in [0.15, 0.2) is 0 Å². The molecule has 2 aromatic carbocycles. The van der Waals surface area contributed by atoms with Gasteiger partial charge in [0.1, 0.15) is 10.6 Å². The molecule has 0 spiro atoms. The standard InChI is InChI=1S/C16H15BrFNO/c1-2-19(14-10-8-13(18)9-11-14)16(20)15(17)12-6-4-3-5-7-12/h3-11,15H,2H2,1H3. The molecule has 0 aliphatic carbocycles. The monoisotopic (exact) mass is 335 g/mol. The Kier molecular flexibility index (Phi) is 4.90. The number of carbonyl (C=O) groups excluding carboxylic acids is 1. The molecule has 0 aliphatic rings. The lowest BCUT2D eigenvalue weighted by atomic mass is 10.1. The molecule has 1 unspecified atom stereocenters. The van der Waals surface area contributed by atoms with E-state index in [1.807, 2.05) is 37.3 Å². The average Bonchev–Trinajstić information content (AvgIpc) is 2.50. The fraction of sp³-hybridized carbons (Fsp3) is 0.188. The summed E-state index contributed by atoms with van der Waals surface area (Å²) < 4.78 is 13.0. The minimum Gasteiger partial charge on any atom is -0.311 e. The molecule has 1 amide bonds. The van der Waals surface area contributed by atoms with Gasteiger partial charge < -0.3 is 4.90 Å². The molecular formula is C16H15BrFNO. The van der Waals surface area contributed by atoms with E-state index in [9.17, 15) is 9.18 Å². The van der Waals surface area contributed by atoms with Crippen molar-refractivity contribution >= 4 is 27.5 Å². The Bertz CT molecular complexity index is 571. The third kappa shape index (κ3) is 3.25. The van der Waals surface area contributed by atoms with E-state index in [0.717, 1.165) is 5.56 Å². The molecular weight excluding hydrogens is 321 g/mol. The highest BCUT2D eigenvalue weighted by Crippen LogP contribution is 2.27. The minimum atomic E-state index is -0.409. The molecule has 0 fully saturated rings. The molecule has 2 nitrogen and oxygen atoms in total. The summed E-state index contributed by atoms with van der Waals surface area (Å²) >= 11 is 3.44. The molecule has 0 aliphatic heterocycles. The Balaban J connectivity index is 2.23. The highest BCUT2D eigenvalue weighted by molar-refractivity contribution is 9.09. The first-order valence-corrected chi connectivity index (χ1v) is 7.31. The fourth-order valence-electron chi connectivity index (χ4n) is 1.99. The van der Waals surface area contributed by atoms with Gasteiger partial charge in [-0.25, -0.2) is 4.39 Å². The van der Waals surface area contributed by atoms with Gasteiger partial charge in [-0.2, -0.15) is 0 Å². The van der Waals surface area contributed by atoms with Crippen LogP contribution in [0.2, 0.25) is 0 Å². The van der Waals surface area contributed by atoms with Crippen molar-refractivity contribution in [2.45, 2.75) is 11.8 Å².